The summed E-state index contributed by atoms with van der Waals surface area (Å²) in [4.78, 5) is 33.9. The zero-order valence-corrected chi connectivity index (χ0v) is 8.90. The second-order valence-electron chi connectivity index (χ2n) is 3.80. The van der Waals surface area contributed by atoms with Crippen molar-refractivity contribution in [1.82, 2.24) is 0 Å². The molecule has 3 nitrogen and oxygen atoms in total. The molecule has 0 unspecified atom stereocenters. The van der Waals surface area contributed by atoms with Crippen LogP contribution < -0.4 is 0 Å². The van der Waals surface area contributed by atoms with E-state index in [1.165, 1.54) is 0 Å². The van der Waals surface area contributed by atoms with Crippen LogP contribution in [0.5, 0.6) is 0 Å². The van der Waals surface area contributed by atoms with Crippen LogP contribution >= 0.6 is 0 Å². The van der Waals surface area contributed by atoms with Crippen LogP contribution in [-0.2, 0) is 20.8 Å². The second-order valence-corrected chi connectivity index (χ2v) is 3.80. The first-order valence-corrected chi connectivity index (χ1v) is 5.13. The maximum atomic E-state index is 13.3. The Morgan fingerprint density at radius 2 is 1.76 bits per heavy atom. The van der Waals surface area contributed by atoms with Crippen LogP contribution in [0.4, 0.5) is 4.39 Å². The molecule has 0 amide bonds. The van der Waals surface area contributed by atoms with Crippen LogP contribution in [-0.4, -0.2) is 17.3 Å². The quantitative estimate of drug-likeness (QED) is 0.587. The predicted molar refractivity (Wildman–Crippen MR) is 57.9 cm³/mol. The monoisotopic (exact) mass is 232 g/mol. The summed E-state index contributed by atoms with van der Waals surface area (Å²) in [6.45, 7) is 0. The fraction of sp³-hybridized carbons (Fsp3) is 0.154. The first-order valence-electron chi connectivity index (χ1n) is 5.13. The smallest absolute Gasteiger partial charge is 0.199 e. The Labute approximate surface area is 96.9 Å². The number of ketones is 3. The third-order valence-electron chi connectivity index (χ3n) is 2.55. The van der Waals surface area contributed by atoms with E-state index < -0.39 is 35.2 Å². The molecule has 1 aliphatic carbocycles. The second kappa shape index (κ2) is 4.41. The van der Waals surface area contributed by atoms with Crippen LogP contribution in [0.15, 0.2) is 41.7 Å². The molecule has 1 aliphatic rings. The third kappa shape index (κ3) is 2.20. The molecule has 4 heteroatoms. The molecular formula is C13H9FO3. The van der Waals surface area contributed by atoms with Crippen molar-refractivity contribution in [2.75, 3.05) is 0 Å². The van der Waals surface area contributed by atoms with Crippen molar-refractivity contribution in [3.63, 3.8) is 0 Å². The minimum Gasteiger partial charge on any atom is -0.294 e. The molecule has 0 aromatic heterocycles. The van der Waals surface area contributed by atoms with Crippen molar-refractivity contribution in [2.24, 2.45) is 0 Å². The molecule has 0 saturated carbocycles. The molecule has 1 aromatic carbocycles. The van der Waals surface area contributed by atoms with E-state index in [4.69, 9.17) is 0 Å². The highest BCUT2D eigenvalue weighted by molar-refractivity contribution is 6.33. The highest BCUT2D eigenvalue weighted by Crippen LogP contribution is 2.22. The predicted octanol–water partition coefficient (Wildman–Crippen LogP) is 1.56. The van der Waals surface area contributed by atoms with Gasteiger partial charge in [0.1, 0.15) is 5.57 Å². The van der Waals surface area contributed by atoms with Crippen LogP contribution in [0, 0.1) is 0 Å². The van der Waals surface area contributed by atoms with Gasteiger partial charge in [0.25, 0.3) is 0 Å². The average Bonchev–Trinajstić information content (AvgIpc) is 2.54. The van der Waals surface area contributed by atoms with Crippen LogP contribution in [0.1, 0.15) is 12.0 Å². The molecule has 0 bridgehead atoms. The lowest BCUT2D eigenvalue weighted by molar-refractivity contribution is -0.122. The van der Waals surface area contributed by atoms with Crippen molar-refractivity contribution >= 4 is 17.3 Å². The summed E-state index contributed by atoms with van der Waals surface area (Å²) in [6, 6.07) is 8.69. The maximum Gasteiger partial charge on any atom is 0.199 e. The summed E-state index contributed by atoms with van der Waals surface area (Å²) < 4.78 is 13.3. The van der Waals surface area contributed by atoms with Crippen LogP contribution in [0.3, 0.4) is 0 Å². The van der Waals surface area contributed by atoms with E-state index in [-0.39, 0.29) is 6.42 Å². The largest absolute Gasteiger partial charge is 0.294 e. The van der Waals surface area contributed by atoms with Gasteiger partial charge in [0.2, 0.25) is 0 Å². The number of rotatable bonds is 3. The Hall–Kier alpha value is -2.10. The standard InChI is InChI=1S/C13H9FO3/c14-13-11(17)7-10(16)12(13)9(15)6-8-4-2-1-3-5-8/h1-5H,6-7H2. The number of halogens is 1. The minimum absolute atomic E-state index is 0.0669. The lowest BCUT2D eigenvalue weighted by Crippen LogP contribution is -2.12. The fourth-order valence-corrected chi connectivity index (χ4v) is 1.72. The van der Waals surface area contributed by atoms with Crippen molar-refractivity contribution in [1.29, 1.82) is 0 Å². The Morgan fingerprint density at radius 1 is 1.12 bits per heavy atom. The van der Waals surface area contributed by atoms with Crippen molar-refractivity contribution in [3.05, 3.63) is 47.3 Å². The number of benzene rings is 1. The first-order chi connectivity index (χ1) is 8.09. The van der Waals surface area contributed by atoms with Gasteiger partial charge < -0.3 is 0 Å². The summed E-state index contributed by atoms with van der Waals surface area (Å²) in [7, 11) is 0. The number of Topliss-reactive ketones (excluding diaryl/α,β-unsaturated/α-hetero) is 3. The molecule has 0 fully saturated rings. The van der Waals surface area contributed by atoms with Crippen LogP contribution in [0.2, 0.25) is 0 Å². The molecule has 86 valence electrons. The first kappa shape index (κ1) is 11.4. The van der Waals surface area contributed by atoms with E-state index in [0.717, 1.165) is 0 Å². The Kier molecular flexibility index (Phi) is 2.95. The summed E-state index contributed by atoms with van der Waals surface area (Å²) in [5.74, 6) is -3.43. The van der Waals surface area contributed by atoms with Gasteiger partial charge in [-0.1, -0.05) is 30.3 Å². The third-order valence-corrected chi connectivity index (χ3v) is 2.55. The van der Waals surface area contributed by atoms with E-state index in [0.29, 0.717) is 5.56 Å². The SMILES string of the molecule is O=C1CC(=O)C(C(=O)Cc2ccccc2)=C1F. The molecule has 2 rings (SSSR count). The topological polar surface area (TPSA) is 51.2 Å². The molecule has 0 saturated heterocycles. The lowest BCUT2D eigenvalue weighted by Gasteiger charge is -2.00. The molecule has 0 aliphatic heterocycles. The highest BCUT2D eigenvalue weighted by atomic mass is 19.1. The highest BCUT2D eigenvalue weighted by Gasteiger charge is 2.35. The van der Waals surface area contributed by atoms with Gasteiger partial charge in [0, 0.05) is 6.42 Å². The molecule has 0 N–H and O–H groups in total. The van der Waals surface area contributed by atoms with E-state index in [9.17, 15) is 18.8 Å². The molecule has 0 spiro atoms. The van der Waals surface area contributed by atoms with Crippen molar-refractivity contribution in [3.8, 4) is 0 Å². The van der Waals surface area contributed by atoms with Gasteiger partial charge in [0.05, 0.1) is 6.42 Å². The molecule has 0 atom stereocenters. The van der Waals surface area contributed by atoms with Gasteiger partial charge >= 0.3 is 0 Å². The molecule has 1 aromatic rings. The van der Waals surface area contributed by atoms with Gasteiger partial charge in [-0.2, -0.15) is 0 Å². The summed E-state index contributed by atoms with van der Waals surface area (Å²) in [5, 5.41) is 0. The summed E-state index contributed by atoms with van der Waals surface area (Å²) in [5.41, 5.74) is 0.115. The zero-order chi connectivity index (χ0) is 12.4. The summed E-state index contributed by atoms with van der Waals surface area (Å²) in [6.07, 6.45) is -0.593. The number of carbonyl (C=O) groups is 3. The van der Waals surface area contributed by atoms with Gasteiger partial charge in [-0.15, -0.1) is 0 Å². The van der Waals surface area contributed by atoms with Crippen molar-refractivity contribution < 1.29 is 18.8 Å². The van der Waals surface area contributed by atoms with E-state index >= 15 is 0 Å². The number of hydrogen-bond donors (Lipinski definition) is 0. The van der Waals surface area contributed by atoms with E-state index in [2.05, 4.69) is 0 Å². The van der Waals surface area contributed by atoms with Crippen molar-refractivity contribution in [2.45, 2.75) is 12.8 Å². The molecule has 0 radical (unpaired) electrons. The number of hydrogen-bond acceptors (Lipinski definition) is 3. The summed E-state index contributed by atoms with van der Waals surface area (Å²) >= 11 is 0. The average molecular weight is 232 g/mol. The molecule has 17 heavy (non-hydrogen) atoms. The van der Waals surface area contributed by atoms with Crippen LogP contribution in [0.25, 0.3) is 0 Å². The van der Waals surface area contributed by atoms with Gasteiger partial charge in [-0.3, -0.25) is 14.4 Å². The number of allylic oxidation sites excluding steroid dienone is 2. The maximum absolute atomic E-state index is 13.3. The Balaban J connectivity index is 2.22. The van der Waals surface area contributed by atoms with Gasteiger partial charge in [-0.25, -0.2) is 4.39 Å². The van der Waals surface area contributed by atoms with E-state index in [1.54, 1.807) is 30.3 Å². The van der Waals surface area contributed by atoms with Gasteiger partial charge in [-0.05, 0) is 5.56 Å². The Morgan fingerprint density at radius 3 is 2.29 bits per heavy atom. The molecular weight excluding hydrogens is 223 g/mol. The normalized spacial score (nSPS) is 15.6. The lowest BCUT2D eigenvalue weighted by atomic mass is 10.0. The Bertz CT molecular complexity index is 529. The van der Waals surface area contributed by atoms with Gasteiger partial charge in [0.15, 0.2) is 23.2 Å². The fourth-order valence-electron chi connectivity index (χ4n) is 1.72. The minimum atomic E-state index is -1.18. The van der Waals surface area contributed by atoms with E-state index in [1.807, 2.05) is 0 Å². The zero-order valence-electron chi connectivity index (χ0n) is 8.90. The molecule has 0 heterocycles. The number of carbonyl (C=O) groups excluding carboxylic acids is 3.